The fraction of sp³-hybridized carbons (Fsp3) is 0.889. The maximum absolute atomic E-state index is 11.8. The molecule has 2 aliphatic heterocycles. The molecule has 0 spiro atoms. The highest BCUT2D eigenvalue weighted by Crippen LogP contribution is 2.33. The van der Waals surface area contributed by atoms with E-state index in [0.717, 1.165) is 25.0 Å². The van der Waals surface area contributed by atoms with Crippen molar-refractivity contribution in [3.63, 3.8) is 0 Å². The lowest BCUT2D eigenvalue weighted by molar-refractivity contribution is -0.121. The molecule has 156 valence electrons. The Kier molecular flexibility index (Phi) is 10.9. The number of unbranched alkanes of at least 4 members (excludes halogenated alkanes) is 1. The smallest absolute Gasteiger partial charge is 0.315 e. The first-order chi connectivity index (χ1) is 13.2. The van der Waals surface area contributed by atoms with Crippen molar-refractivity contribution in [1.82, 2.24) is 16.0 Å². The summed E-state index contributed by atoms with van der Waals surface area (Å²) in [5, 5.41) is 9.28. The van der Waals surface area contributed by atoms with Gasteiger partial charge in [-0.15, -0.1) is 0 Å². The molecule has 0 bridgehead atoms. The number of fused-ring (bicyclic) bond motifs is 1. The van der Waals surface area contributed by atoms with E-state index >= 15 is 0 Å². The minimum atomic E-state index is -0.0473. The number of urea groups is 1. The number of amides is 3. The molecule has 3 unspecified atom stereocenters. The Hall–Kier alpha value is -1.03. The van der Waals surface area contributed by atoms with Crippen LogP contribution in [0.15, 0.2) is 0 Å². The molecule has 2 saturated heterocycles. The largest absolute Gasteiger partial charge is 0.379 e. The molecule has 2 aliphatic rings. The molecule has 0 aromatic carbocycles. The summed E-state index contributed by atoms with van der Waals surface area (Å²) in [6, 6.07) is 0.469. The monoisotopic (exact) mass is 403 g/mol. The van der Waals surface area contributed by atoms with Crippen molar-refractivity contribution in [3.05, 3.63) is 0 Å². The molecule has 0 aliphatic carbocycles. The molecule has 2 heterocycles. The molecule has 2 rings (SSSR count). The van der Waals surface area contributed by atoms with E-state index in [0.29, 0.717) is 57.9 Å². The van der Waals surface area contributed by atoms with Gasteiger partial charge in [-0.25, -0.2) is 4.79 Å². The number of thioether (sulfide) groups is 1. The van der Waals surface area contributed by atoms with Crippen molar-refractivity contribution in [1.29, 1.82) is 0 Å². The lowest BCUT2D eigenvalue weighted by Crippen LogP contribution is -2.36. The number of rotatable bonds is 15. The summed E-state index contributed by atoms with van der Waals surface area (Å²) in [6.07, 6.45) is 3.44. The molecule has 8 nitrogen and oxygen atoms in total. The Balaban J connectivity index is 1.36. The fourth-order valence-corrected chi connectivity index (χ4v) is 4.75. The van der Waals surface area contributed by atoms with Crippen molar-refractivity contribution in [2.24, 2.45) is 0 Å². The molecule has 0 radical (unpaired) electrons. The average Bonchev–Trinajstić information content (AvgIpc) is 3.20. The third kappa shape index (κ3) is 8.68. The van der Waals surface area contributed by atoms with E-state index in [1.807, 2.05) is 18.7 Å². The van der Waals surface area contributed by atoms with Crippen molar-refractivity contribution in [2.45, 2.75) is 49.9 Å². The standard InChI is InChI=1S/C18H33N3O5S/c1-2-24-9-10-26-12-11-25-8-7-19-16(22)6-4-3-5-15-17-14(13-27-15)20-18(23)21-17/h14-15,17H,2-13H2,1H3,(H,19,22)(H2,20,21,23). The van der Waals surface area contributed by atoms with Gasteiger partial charge in [-0.1, -0.05) is 6.42 Å². The number of carbonyl (C=O) groups excluding carboxylic acids is 2. The Labute approximate surface area is 165 Å². The third-order valence-electron chi connectivity index (χ3n) is 4.60. The number of ether oxygens (including phenoxy) is 3. The van der Waals surface area contributed by atoms with Gasteiger partial charge in [0.15, 0.2) is 0 Å². The van der Waals surface area contributed by atoms with Crippen LogP contribution in [0.1, 0.15) is 32.6 Å². The number of hydrogen-bond acceptors (Lipinski definition) is 6. The second kappa shape index (κ2) is 13.2. The van der Waals surface area contributed by atoms with Gasteiger partial charge >= 0.3 is 6.03 Å². The molecule has 3 N–H and O–H groups in total. The molecule has 27 heavy (non-hydrogen) atoms. The number of nitrogens with one attached hydrogen (secondary N) is 3. The van der Waals surface area contributed by atoms with Crippen LogP contribution in [0, 0.1) is 0 Å². The quantitative estimate of drug-likeness (QED) is 0.278. The van der Waals surface area contributed by atoms with Crippen molar-refractivity contribution < 1.29 is 23.8 Å². The lowest BCUT2D eigenvalue weighted by atomic mass is 10.0. The highest BCUT2D eigenvalue weighted by atomic mass is 32.2. The summed E-state index contributed by atoms with van der Waals surface area (Å²) >= 11 is 1.91. The van der Waals surface area contributed by atoms with E-state index in [-0.39, 0.29) is 24.0 Å². The van der Waals surface area contributed by atoms with E-state index in [4.69, 9.17) is 14.2 Å². The first-order valence-corrected chi connectivity index (χ1v) is 10.9. The van der Waals surface area contributed by atoms with E-state index in [1.165, 1.54) is 0 Å². The predicted molar refractivity (Wildman–Crippen MR) is 105 cm³/mol. The van der Waals surface area contributed by atoms with Crippen LogP contribution < -0.4 is 16.0 Å². The molecule has 3 amide bonds. The van der Waals surface area contributed by atoms with Gasteiger partial charge in [0.05, 0.1) is 45.1 Å². The van der Waals surface area contributed by atoms with Gasteiger partial charge in [-0.05, 0) is 19.8 Å². The zero-order chi connectivity index (χ0) is 19.3. The summed E-state index contributed by atoms with van der Waals surface area (Å²) in [4.78, 5) is 23.2. The molecular weight excluding hydrogens is 370 g/mol. The van der Waals surface area contributed by atoms with Crippen LogP contribution in [-0.4, -0.2) is 81.2 Å². The molecule has 0 aromatic heterocycles. The first-order valence-electron chi connectivity index (χ1n) is 9.89. The Morgan fingerprint density at radius 3 is 2.63 bits per heavy atom. The highest BCUT2D eigenvalue weighted by molar-refractivity contribution is 8.00. The SMILES string of the molecule is CCOCCOCCOCCNC(=O)CCCCC1SCC2NC(=O)NC21. The van der Waals surface area contributed by atoms with E-state index in [1.54, 1.807) is 0 Å². The first kappa shape index (κ1) is 22.3. The minimum absolute atomic E-state index is 0.0473. The van der Waals surface area contributed by atoms with E-state index in [2.05, 4.69) is 16.0 Å². The third-order valence-corrected chi connectivity index (χ3v) is 6.11. The second-order valence-corrected chi connectivity index (χ2v) is 7.91. The van der Waals surface area contributed by atoms with Gasteiger partial charge < -0.3 is 30.2 Å². The molecule has 0 saturated carbocycles. The van der Waals surface area contributed by atoms with Crippen molar-refractivity contribution in [2.75, 3.05) is 51.9 Å². The van der Waals surface area contributed by atoms with Crippen LogP contribution in [0.25, 0.3) is 0 Å². The van der Waals surface area contributed by atoms with Gasteiger partial charge in [0, 0.05) is 30.6 Å². The summed E-state index contributed by atoms with van der Waals surface area (Å²) in [5.74, 6) is 1.05. The molecule has 2 fully saturated rings. The highest BCUT2D eigenvalue weighted by Gasteiger charge is 2.42. The Morgan fingerprint density at radius 2 is 1.85 bits per heavy atom. The van der Waals surface area contributed by atoms with Crippen LogP contribution in [-0.2, 0) is 19.0 Å². The maximum atomic E-state index is 11.8. The number of carbonyl (C=O) groups is 2. The van der Waals surface area contributed by atoms with Crippen LogP contribution in [0.3, 0.4) is 0 Å². The van der Waals surface area contributed by atoms with Crippen molar-refractivity contribution in [3.8, 4) is 0 Å². The second-order valence-electron chi connectivity index (χ2n) is 6.64. The topological polar surface area (TPSA) is 97.9 Å². The summed E-state index contributed by atoms with van der Waals surface area (Å²) < 4.78 is 15.9. The Morgan fingerprint density at radius 1 is 1.11 bits per heavy atom. The molecule has 9 heteroatoms. The predicted octanol–water partition coefficient (Wildman–Crippen LogP) is 0.898. The van der Waals surface area contributed by atoms with Crippen LogP contribution in [0.2, 0.25) is 0 Å². The van der Waals surface area contributed by atoms with Gasteiger partial charge in [0.1, 0.15) is 0 Å². The average molecular weight is 404 g/mol. The van der Waals surface area contributed by atoms with Crippen LogP contribution in [0.4, 0.5) is 4.79 Å². The minimum Gasteiger partial charge on any atom is -0.379 e. The normalized spacial score (nSPS) is 23.7. The van der Waals surface area contributed by atoms with Crippen LogP contribution in [0.5, 0.6) is 0 Å². The fourth-order valence-electron chi connectivity index (χ4n) is 3.21. The molecule has 0 aromatic rings. The van der Waals surface area contributed by atoms with Crippen molar-refractivity contribution >= 4 is 23.7 Å². The molecular formula is C18H33N3O5S. The van der Waals surface area contributed by atoms with Gasteiger partial charge in [0.2, 0.25) is 5.91 Å². The number of hydrogen-bond donors (Lipinski definition) is 3. The summed E-state index contributed by atoms with van der Waals surface area (Å²) in [5.41, 5.74) is 0. The van der Waals surface area contributed by atoms with Gasteiger partial charge in [-0.3, -0.25) is 4.79 Å². The lowest BCUT2D eigenvalue weighted by Gasteiger charge is -2.16. The zero-order valence-electron chi connectivity index (χ0n) is 16.2. The molecule has 3 atom stereocenters. The zero-order valence-corrected chi connectivity index (χ0v) is 17.0. The summed E-state index contributed by atoms with van der Waals surface area (Å²) in [6.45, 7) is 5.93. The van der Waals surface area contributed by atoms with E-state index in [9.17, 15) is 9.59 Å². The van der Waals surface area contributed by atoms with Gasteiger partial charge in [-0.2, -0.15) is 11.8 Å². The van der Waals surface area contributed by atoms with Gasteiger partial charge in [0.25, 0.3) is 0 Å². The van der Waals surface area contributed by atoms with E-state index < -0.39 is 0 Å². The summed E-state index contributed by atoms with van der Waals surface area (Å²) in [7, 11) is 0. The van der Waals surface area contributed by atoms with Crippen LogP contribution >= 0.6 is 11.8 Å². The maximum Gasteiger partial charge on any atom is 0.315 e. The Bertz CT molecular complexity index is 455.